The van der Waals surface area contributed by atoms with E-state index < -0.39 is 5.82 Å². The third-order valence-corrected chi connectivity index (χ3v) is 4.75. The summed E-state index contributed by atoms with van der Waals surface area (Å²) >= 11 is 9.14. The first-order chi connectivity index (χ1) is 9.13. The smallest absolute Gasteiger partial charge is 0.147 e. The van der Waals surface area contributed by atoms with Gasteiger partial charge in [-0.25, -0.2) is 4.39 Å². The Balaban J connectivity index is 2.22. The average molecular weight is 348 g/mol. The Kier molecular flexibility index (Phi) is 5.39. The molecule has 2 nitrogen and oxygen atoms in total. The molecular formula is C14H17BrClFN2. The summed E-state index contributed by atoms with van der Waals surface area (Å²) in [5, 5.41) is 0.107. The molecule has 0 fully saturated rings. The van der Waals surface area contributed by atoms with Gasteiger partial charge < -0.3 is 0 Å². The van der Waals surface area contributed by atoms with Crippen molar-refractivity contribution in [2.24, 2.45) is 5.84 Å². The minimum atomic E-state index is -0.407. The van der Waals surface area contributed by atoms with E-state index in [9.17, 15) is 4.39 Å². The number of nitrogens with one attached hydrogen (secondary N) is 1. The Morgan fingerprint density at radius 1 is 1.42 bits per heavy atom. The largest absolute Gasteiger partial charge is 0.271 e. The third kappa shape index (κ3) is 3.57. The van der Waals surface area contributed by atoms with Crippen molar-refractivity contribution >= 4 is 27.5 Å². The summed E-state index contributed by atoms with van der Waals surface area (Å²) in [6.45, 7) is 0. The highest BCUT2D eigenvalue weighted by atomic mass is 79.9. The molecule has 1 atom stereocenters. The molecule has 1 unspecified atom stereocenters. The molecule has 0 spiro atoms. The molecule has 2 rings (SSSR count). The van der Waals surface area contributed by atoms with Crippen molar-refractivity contribution in [3.05, 3.63) is 44.7 Å². The number of hydrogen-bond acceptors (Lipinski definition) is 2. The van der Waals surface area contributed by atoms with Crippen molar-refractivity contribution in [2.45, 2.75) is 38.1 Å². The zero-order valence-electron chi connectivity index (χ0n) is 10.6. The fraction of sp³-hybridized carbons (Fsp3) is 0.429. The van der Waals surface area contributed by atoms with E-state index in [0.29, 0.717) is 10.0 Å². The first-order valence-corrected chi connectivity index (χ1v) is 7.58. The van der Waals surface area contributed by atoms with E-state index in [2.05, 4.69) is 27.4 Å². The first kappa shape index (κ1) is 15.0. The Morgan fingerprint density at radius 3 is 2.84 bits per heavy atom. The molecule has 1 aromatic rings. The molecule has 0 saturated carbocycles. The summed E-state index contributed by atoms with van der Waals surface area (Å²) in [5.74, 6) is 5.17. The van der Waals surface area contributed by atoms with Crippen LogP contribution in [0.25, 0.3) is 0 Å². The van der Waals surface area contributed by atoms with E-state index in [1.165, 1.54) is 18.4 Å². The van der Waals surface area contributed by atoms with E-state index in [1.807, 2.05) is 0 Å². The maximum atomic E-state index is 14.2. The van der Waals surface area contributed by atoms with Crippen LogP contribution in [0, 0.1) is 5.82 Å². The van der Waals surface area contributed by atoms with Gasteiger partial charge in [-0.15, -0.1) is 0 Å². The lowest BCUT2D eigenvalue weighted by atomic mass is 9.91. The van der Waals surface area contributed by atoms with Crippen LogP contribution in [0.4, 0.5) is 4.39 Å². The van der Waals surface area contributed by atoms with Crippen molar-refractivity contribution in [3.8, 4) is 0 Å². The monoisotopic (exact) mass is 346 g/mol. The van der Waals surface area contributed by atoms with Crippen LogP contribution in [0.3, 0.4) is 0 Å². The first-order valence-electron chi connectivity index (χ1n) is 6.41. The lowest BCUT2D eigenvalue weighted by Crippen LogP contribution is -2.29. The molecule has 0 bridgehead atoms. The van der Waals surface area contributed by atoms with Crippen LogP contribution in [0.2, 0.25) is 5.02 Å². The second kappa shape index (κ2) is 6.84. The fourth-order valence-corrected chi connectivity index (χ4v) is 2.90. The molecule has 5 heteroatoms. The molecule has 0 amide bonds. The number of hydrogen-bond donors (Lipinski definition) is 2. The lowest BCUT2D eigenvalue weighted by Gasteiger charge is -2.21. The van der Waals surface area contributed by atoms with Gasteiger partial charge in [-0.2, -0.15) is 0 Å². The van der Waals surface area contributed by atoms with Crippen LogP contribution >= 0.6 is 27.5 Å². The number of rotatable bonds is 4. The zero-order valence-corrected chi connectivity index (χ0v) is 12.9. The molecule has 0 radical (unpaired) electrons. The van der Waals surface area contributed by atoms with E-state index in [-0.39, 0.29) is 11.1 Å². The molecule has 19 heavy (non-hydrogen) atoms. The van der Waals surface area contributed by atoms with Crippen LogP contribution in [-0.2, 0) is 0 Å². The standard InChI is InChI=1S/C14H17BrClFN2/c15-11-7-6-10(14(17)13(11)16)12(19-18)8-9-4-2-1-3-5-9/h4,6-7,12,19H,1-3,5,8,18H2. The van der Waals surface area contributed by atoms with E-state index in [0.717, 1.165) is 19.3 Å². The van der Waals surface area contributed by atoms with Crippen molar-refractivity contribution in [2.75, 3.05) is 0 Å². The quantitative estimate of drug-likeness (QED) is 0.360. The minimum Gasteiger partial charge on any atom is -0.271 e. The predicted molar refractivity (Wildman–Crippen MR) is 80.3 cm³/mol. The summed E-state index contributed by atoms with van der Waals surface area (Å²) in [4.78, 5) is 0. The highest BCUT2D eigenvalue weighted by Crippen LogP contribution is 2.33. The van der Waals surface area contributed by atoms with Crippen molar-refractivity contribution < 1.29 is 4.39 Å². The Labute approximate surface area is 126 Å². The molecule has 1 aromatic carbocycles. The van der Waals surface area contributed by atoms with Gasteiger partial charge in [0.2, 0.25) is 0 Å². The second-order valence-electron chi connectivity index (χ2n) is 4.80. The van der Waals surface area contributed by atoms with Crippen LogP contribution in [0.5, 0.6) is 0 Å². The zero-order chi connectivity index (χ0) is 13.8. The number of halogens is 3. The Bertz CT molecular complexity index is 491. The predicted octanol–water partition coefficient (Wildman–Crippen LogP) is 4.64. The molecule has 0 saturated heterocycles. The second-order valence-corrected chi connectivity index (χ2v) is 6.03. The van der Waals surface area contributed by atoms with Crippen LogP contribution in [0.1, 0.15) is 43.7 Å². The SMILES string of the molecule is NNC(CC1=CCCCC1)c1ccc(Br)c(Cl)c1F. The van der Waals surface area contributed by atoms with E-state index >= 15 is 0 Å². The van der Waals surface area contributed by atoms with Gasteiger partial charge in [0, 0.05) is 10.0 Å². The fourth-order valence-electron chi connectivity index (χ4n) is 2.42. The van der Waals surface area contributed by atoms with Gasteiger partial charge in [0.25, 0.3) is 0 Å². The molecule has 1 aliphatic carbocycles. The van der Waals surface area contributed by atoms with Gasteiger partial charge in [-0.1, -0.05) is 29.3 Å². The molecule has 0 heterocycles. The van der Waals surface area contributed by atoms with Gasteiger partial charge >= 0.3 is 0 Å². The van der Waals surface area contributed by atoms with Crippen LogP contribution < -0.4 is 11.3 Å². The third-order valence-electron chi connectivity index (χ3n) is 3.49. The summed E-state index contributed by atoms with van der Waals surface area (Å²) in [6, 6.07) is 3.23. The molecule has 0 aliphatic heterocycles. The average Bonchev–Trinajstić information content (AvgIpc) is 2.44. The molecule has 3 N–H and O–H groups in total. The maximum Gasteiger partial charge on any atom is 0.147 e. The van der Waals surface area contributed by atoms with Crippen molar-refractivity contribution in [1.29, 1.82) is 0 Å². The van der Waals surface area contributed by atoms with Crippen LogP contribution in [-0.4, -0.2) is 0 Å². The molecule has 104 valence electrons. The Morgan fingerprint density at radius 2 is 2.21 bits per heavy atom. The maximum absolute atomic E-state index is 14.2. The van der Waals surface area contributed by atoms with Crippen molar-refractivity contribution in [1.82, 2.24) is 5.43 Å². The Hall–Kier alpha value is -0.420. The summed E-state index contributed by atoms with van der Waals surface area (Å²) in [7, 11) is 0. The van der Waals surface area contributed by atoms with E-state index in [1.54, 1.807) is 12.1 Å². The van der Waals surface area contributed by atoms with Gasteiger partial charge in [0.05, 0.1) is 11.1 Å². The highest BCUT2D eigenvalue weighted by molar-refractivity contribution is 9.10. The summed E-state index contributed by atoms with van der Waals surface area (Å²) < 4.78 is 14.7. The van der Waals surface area contributed by atoms with Gasteiger partial charge in [-0.05, 0) is 54.1 Å². The highest BCUT2D eigenvalue weighted by Gasteiger charge is 2.19. The van der Waals surface area contributed by atoms with Crippen molar-refractivity contribution in [3.63, 3.8) is 0 Å². The van der Waals surface area contributed by atoms with E-state index in [4.69, 9.17) is 17.4 Å². The number of hydrazine groups is 1. The lowest BCUT2D eigenvalue weighted by molar-refractivity contribution is 0.497. The summed E-state index contributed by atoms with van der Waals surface area (Å²) in [6.07, 6.45) is 7.59. The molecule has 0 aromatic heterocycles. The topological polar surface area (TPSA) is 38.0 Å². The van der Waals surface area contributed by atoms with Crippen LogP contribution in [0.15, 0.2) is 28.3 Å². The number of allylic oxidation sites excluding steroid dienone is 1. The summed E-state index contributed by atoms with van der Waals surface area (Å²) in [5.41, 5.74) is 4.55. The number of benzene rings is 1. The van der Waals surface area contributed by atoms with Gasteiger partial charge in [0.15, 0.2) is 0 Å². The molecular weight excluding hydrogens is 331 g/mol. The van der Waals surface area contributed by atoms with Gasteiger partial charge in [0.1, 0.15) is 5.82 Å². The van der Waals surface area contributed by atoms with Gasteiger partial charge in [-0.3, -0.25) is 11.3 Å². The number of nitrogens with two attached hydrogens (primary N) is 1. The molecule has 1 aliphatic rings. The minimum absolute atomic E-state index is 0.107. The normalized spacial score (nSPS) is 17.2.